The highest BCUT2D eigenvalue weighted by molar-refractivity contribution is 6.33. The fourth-order valence-electron chi connectivity index (χ4n) is 2.14. The Morgan fingerprint density at radius 3 is 2.38 bits per heavy atom. The van der Waals surface area contributed by atoms with Gasteiger partial charge in [0.05, 0.1) is 0 Å². The lowest BCUT2D eigenvalue weighted by molar-refractivity contribution is 0.0937. The van der Waals surface area contributed by atoms with Gasteiger partial charge in [-0.3, -0.25) is 4.79 Å². The average molecular weight is 332 g/mol. The van der Waals surface area contributed by atoms with Crippen molar-refractivity contribution < 1.29 is 4.79 Å². The Labute approximate surface area is 136 Å². The molecule has 0 aromatic carbocycles. The molecule has 21 heavy (non-hydrogen) atoms. The van der Waals surface area contributed by atoms with Crippen LogP contribution in [-0.2, 0) is 0 Å². The highest BCUT2D eigenvalue weighted by atomic mass is 35.5. The first-order chi connectivity index (χ1) is 9.96. The van der Waals surface area contributed by atoms with Gasteiger partial charge in [0, 0.05) is 11.6 Å². The highest BCUT2D eigenvalue weighted by Gasteiger charge is 2.12. The number of carbonyl (C=O) groups is 1. The van der Waals surface area contributed by atoms with Crippen LogP contribution in [0.1, 0.15) is 44.0 Å². The van der Waals surface area contributed by atoms with E-state index in [1.165, 1.54) is 12.1 Å². The lowest BCUT2D eigenvalue weighted by atomic mass is 10.1. The van der Waals surface area contributed by atoms with E-state index in [0.717, 1.165) is 32.5 Å². The Hall–Kier alpha value is -0.840. The van der Waals surface area contributed by atoms with Crippen LogP contribution in [0.5, 0.6) is 0 Å². The summed E-state index contributed by atoms with van der Waals surface area (Å²) >= 11 is 11.6. The fraction of sp³-hybridized carbons (Fsp3) is 0.600. The van der Waals surface area contributed by atoms with Crippen LogP contribution in [0.4, 0.5) is 0 Å². The molecular formula is C15H23Cl2N3O. The summed E-state index contributed by atoms with van der Waals surface area (Å²) in [5, 5.41) is 3.41. The minimum atomic E-state index is -0.170. The van der Waals surface area contributed by atoms with Crippen LogP contribution in [0.15, 0.2) is 12.1 Å². The zero-order valence-electron chi connectivity index (χ0n) is 12.8. The fourth-order valence-corrected chi connectivity index (χ4v) is 2.60. The number of carbonyl (C=O) groups excluding carboxylic acids is 1. The van der Waals surface area contributed by atoms with E-state index < -0.39 is 0 Å². The van der Waals surface area contributed by atoms with E-state index in [4.69, 9.17) is 23.2 Å². The van der Waals surface area contributed by atoms with E-state index >= 15 is 0 Å². The summed E-state index contributed by atoms with van der Waals surface area (Å²) in [6.45, 7) is 9.50. The Morgan fingerprint density at radius 1 is 1.29 bits per heavy atom. The lowest BCUT2D eigenvalue weighted by Crippen LogP contribution is -2.33. The zero-order chi connectivity index (χ0) is 15.8. The minimum absolute atomic E-state index is 0.110. The first-order valence-electron chi connectivity index (χ1n) is 7.32. The Kier molecular flexibility index (Phi) is 8.01. The molecule has 118 valence electrons. The third-order valence-electron chi connectivity index (χ3n) is 3.41. The van der Waals surface area contributed by atoms with Gasteiger partial charge in [-0.1, -0.05) is 37.0 Å². The minimum Gasteiger partial charge on any atom is -0.350 e. The van der Waals surface area contributed by atoms with E-state index in [0.29, 0.717) is 5.56 Å². The molecule has 1 atom stereocenters. The normalized spacial score (nSPS) is 12.5. The first kappa shape index (κ1) is 18.2. The van der Waals surface area contributed by atoms with Gasteiger partial charge in [0.15, 0.2) is 0 Å². The average Bonchev–Trinajstić information content (AvgIpc) is 2.42. The number of amides is 1. The van der Waals surface area contributed by atoms with Gasteiger partial charge >= 0.3 is 0 Å². The molecule has 1 aromatic rings. The number of rotatable bonds is 8. The molecule has 1 heterocycles. The highest BCUT2D eigenvalue weighted by Crippen LogP contribution is 2.14. The van der Waals surface area contributed by atoms with Crippen molar-refractivity contribution in [3.8, 4) is 0 Å². The summed E-state index contributed by atoms with van der Waals surface area (Å²) < 4.78 is 0. The molecule has 6 heteroatoms. The molecule has 1 N–H and O–H groups in total. The molecule has 1 rings (SSSR count). The molecule has 0 spiro atoms. The van der Waals surface area contributed by atoms with Crippen molar-refractivity contribution >= 4 is 29.1 Å². The summed E-state index contributed by atoms with van der Waals surface area (Å²) in [5.74, 6) is -0.170. The van der Waals surface area contributed by atoms with E-state index in [-0.39, 0.29) is 22.3 Å². The van der Waals surface area contributed by atoms with Crippen molar-refractivity contribution in [2.45, 2.75) is 39.7 Å². The van der Waals surface area contributed by atoms with Crippen LogP contribution < -0.4 is 5.32 Å². The molecule has 0 radical (unpaired) electrons. The number of halogens is 2. The van der Waals surface area contributed by atoms with Gasteiger partial charge in [0.1, 0.15) is 10.3 Å². The monoisotopic (exact) mass is 331 g/mol. The predicted molar refractivity (Wildman–Crippen MR) is 88.2 cm³/mol. The first-order valence-corrected chi connectivity index (χ1v) is 8.08. The second-order valence-electron chi connectivity index (χ2n) is 5.04. The maximum absolute atomic E-state index is 12.1. The largest absolute Gasteiger partial charge is 0.350 e. The van der Waals surface area contributed by atoms with Gasteiger partial charge in [-0.05, 0) is 51.5 Å². The SMILES string of the molecule is CCN(CC)CCCC(C)NC(=O)c1cc(Cl)nc(Cl)c1. The number of nitrogens with one attached hydrogen (secondary N) is 1. The van der Waals surface area contributed by atoms with Crippen LogP contribution in [0.25, 0.3) is 0 Å². The van der Waals surface area contributed by atoms with Gasteiger partial charge in [0.2, 0.25) is 0 Å². The van der Waals surface area contributed by atoms with Gasteiger partial charge in [0.25, 0.3) is 5.91 Å². The summed E-state index contributed by atoms with van der Waals surface area (Å²) in [6.07, 6.45) is 2.00. The number of hydrogen-bond donors (Lipinski definition) is 1. The smallest absolute Gasteiger partial charge is 0.251 e. The molecule has 0 aliphatic heterocycles. The van der Waals surface area contributed by atoms with Gasteiger partial charge < -0.3 is 10.2 Å². The number of pyridine rings is 1. The molecule has 0 fully saturated rings. The second-order valence-corrected chi connectivity index (χ2v) is 5.82. The Morgan fingerprint density at radius 2 is 1.86 bits per heavy atom. The van der Waals surface area contributed by atoms with Gasteiger partial charge in [-0.15, -0.1) is 0 Å². The second kappa shape index (κ2) is 9.23. The Bertz CT molecular complexity index is 444. The molecule has 1 amide bonds. The Balaban J connectivity index is 2.43. The van der Waals surface area contributed by atoms with Crippen LogP contribution in [0, 0.1) is 0 Å². The quantitative estimate of drug-likeness (QED) is 0.740. The topological polar surface area (TPSA) is 45.2 Å². The van der Waals surface area contributed by atoms with E-state index in [9.17, 15) is 4.79 Å². The van der Waals surface area contributed by atoms with Crippen molar-refractivity contribution in [1.82, 2.24) is 15.2 Å². The lowest BCUT2D eigenvalue weighted by Gasteiger charge is -2.19. The summed E-state index contributed by atoms with van der Waals surface area (Å²) in [6, 6.07) is 3.15. The molecule has 0 aliphatic carbocycles. The molecule has 4 nitrogen and oxygen atoms in total. The number of hydrogen-bond acceptors (Lipinski definition) is 3. The molecular weight excluding hydrogens is 309 g/mol. The zero-order valence-corrected chi connectivity index (χ0v) is 14.3. The number of nitrogens with zero attached hydrogens (tertiary/aromatic N) is 2. The summed E-state index contributed by atoms with van der Waals surface area (Å²) in [4.78, 5) is 18.3. The maximum Gasteiger partial charge on any atom is 0.251 e. The van der Waals surface area contributed by atoms with Crippen LogP contribution in [-0.4, -0.2) is 41.5 Å². The standard InChI is InChI=1S/C15H23Cl2N3O/c1-4-20(5-2)8-6-7-11(3)18-15(21)12-9-13(16)19-14(17)10-12/h9-11H,4-8H2,1-3H3,(H,18,21). The van der Waals surface area contributed by atoms with E-state index in [2.05, 4.69) is 29.0 Å². The molecule has 0 saturated heterocycles. The van der Waals surface area contributed by atoms with Crippen LogP contribution in [0.3, 0.4) is 0 Å². The molecule has 0 aliphatic rings. The van der Waals surface area contributed by atoms with Crippen molar-refractivity contribution in [2.24, 2.45) is 0 Å². The molecule has 1 aromatic heterocycles. The molecule has 1 unspecified atom stereocenters. The van der Waals surface area contributed by atoms with Crippen LogP contribution >= 0.6 is 23.2 Å². The predicted octanol–water partition coefficient (Wildman–Crippen LogP) is 3.63. The summed E-state index contributed by atoms with van der Waals surface area (Å²) in [7, 11) is 0. The van der Waals surface area contributed by atoms with Crippen molar-refractivity contribution in [3.63, 3.8) is 0 Å². The van der Waals surface area contributed by atoms with Gasteiger partial charge in [-0.2, -0.15) is 0 Å². The van der Waals surface area contributed by atoms with Crippen molar-refractivity contribution in [3.05, 3.63) is 28.0 Å². The van der Waals surface area contributed by atoms with Crippen LogP contribution in [0.2, 0.25) is 10.3 Å². The van der Waals surface area contributed by atoms with Crippen molar-refractivity contribution in [2.75, 3.05) is 19.6 Å². The number of aromatic nitrogens is 1. The summed E-state index contributed by atoms with van der Waals surface area (Å²) in [5.41, 5.74) is 0.440. The maximum atomic E-state index is 12.1. The molecule has 0 bridgehead atoms. The van der Waals surface area contributed by atoms with Gasteiger partial charge in [-0.25, -0.2) is 4.98 Å². The molecule has 0 saturated carbocycles. The van der Waals surface area contributed by atoms with Crippen molar-refractivity contribution in [1.29, 1.82) is 0 Å². The van der Waals surface area contributed by atoms with E-state index in [1.54, 1.807) is 0 Å². The third kappa shape index (κ3) is 6.64. The third-order valence-corrected chi connectivity index (χ3v) is 3.80. The van der Waals surface area contributed by atoms with E-state index in [1.807, 2.05) is 6.92 Å².